The second-order valence-electron chi connectivity index (χ2n) is 9.54. The molecule has 4 N–H and O–H groups in total. The molecule has 0 aliphatic carbocycles. The lowest BCUT2D eigenvalue weighted by atomic mass is 10.0. The highest BCUT2D eigenvalue weighted by molar-refractivity contribution is 6.30. The largest absolute Gasteiger partial charge is 0.480 e. The van der Waals surface area contributed by atoms with Crippen molar-refractivity contribution in [2.75, 3.05) is 18.0 Å². The summed E-state index contributed by atoms with van der Waals surface area (Å²) < 4.78 is -0.377. The van der Waals surface area contributed by atoms with Crippen molar-refractivity contribution in [3.8, 4) is 0 Å². The topological polar surface area (TPSA) is 113 Å². The zero-order chi connectivity index (χ0) is 25.8. The number of hydrogen-bond donors (Lipinski definition) is 3. The number of benzene rings is 2. The molecule has 35 heavy (non-hydrogen) atoms. The van der Waals surface area contributed by atoms with Gasteiger partial charge in [0.2, 0.25) is 0 Å². The number of carboxylic acid groups (broad SMARTS) is 1. The quantitative estimate of drug-likeness (QED) is 0.473. The lowest BCUT2D eigenvalue weighted by molar-refractivity contribution is -0.784. The van der Waals surface area contributed by atoms with E-state index in [9.17, 15) is 19.5 Å². The molecule has 2 atom stereocenters. The van der Waals surface area contributed by atoms with E-state index in [1.165, 1.54) is 0 Å². The zero-order valence-electron chi connectivity index (χ0n) is 20.5. The van der Waals surface area contributed by atoms with Crippen molar-refractivity contribution in [2.24, 2.45) is 5.73 Å². The number of halogens is 1. The molecule has 0 aromatic heterocycles. The van der Waals surface area contributed by atoms with E-state index in [-0.39, 0.29) is 29.5 Å². The third kappa shape index (κ3) is 5.34. The van der Waals surface area contributed by atoms with Crippen LogP contribution < -0.4 is 16.0 Å². The fourth-order valence-corrected chi connectivity index (χ4v) is 4.92. The lowest BCUT2D eigenvalue weighted by Crippen LogP contribution is -2.66. The van der Waals surface area contributed by atoms with Crippen LogP contribution in [0.25, 0.3) is 0 Å². The summed E-state index contributed by atoms with van der Waals surface area (Å²) in [7, 11) is 0. The van der Waals surface area contributed by atoms with Crippen LogP contribution in [0.1, 0.15) is 44.7 Å². The Morgan fingerprint density at radius 3 is 2.43 bits per heavy atom. The van der Waals surface area contributed by atoms with Crippen LogP contribution in [0.4, 0.5) is 10.5 Å². The molecule has 1 heterocycles. The van der Waals surface area contributed by atoms with Gasteiger partial charge in [-0.3, -0.25) is 0 Å². The Labute approximate surface area is 211 Å². The number of imide groups is 1. The van der Waals surface area contributed by atoms with E-state index in [1.807, 2.05) is 19.1 Å². The lowest BCUT2D eigenvalue weighted by Gasteiger charge is -2.39. The number of urea groups is 1. The summed E-state index contributed by atoms with van der Waals surface area (Å²) in [6, 6.07) is 13.6. The highest BCUT2D eigenvalue weighted by Gasteiger charge is 2.53. The number of quaternary nitrogens is 1. The summed E-state index contributed by atoms with van der Waals surface area (Å²) in [5.74, 6) is -1.40. The van der Waals surface area contributed by atoms with E-state index in [0.717, 1.165) is 24.0 Å². The number of carboxylic acids is 1. The third-order valence-corrected chi connectivity index (χ3v) is 7.31. The molecule has 0 bridgehead atoms. The summed E-state index contributed by atoms with van der Waals surface area (Å²) in [5.41, 5.74) is 6.73. The minimum Gasteiger partial charge on any atom is -0.480 e. The average Bonchev–Trinajstić information content (AvgIpc) is 3.23. The van der Waals surface area contributed by atoms with Crippen molar-refractivity contribution in [3.63, 3.8) is 0 Å². The molecule has 1 aliphatic heterocycles. The van der Waals surface area contributed by atoms with Crippen molar-refractivity contribution in [1.29, 1.82) is 0 Å². The second-order valence-corrected chi connectivity index (χ2v) is 9.98. The Morgan fingerprint density at radius 2 is 1.86 bits per heavy atom. The predicted octanol–water partition coefficient (Wildman–Crippen LogP) is 3.90. The van der Waals surface area contributed by atoms with Gasteiger partial charge in [-0.15, -0.1) is 0 Å². The standard InChI is InChI=1S/C26H33ClN4O4/c1-18-8-7-13-31(18,25(35)29-16-20-14-21(27)12-11-19(20)15-28)23(32)17-30(26(2,3)24(33)34)22-9-5-4-6-10-22/h4-6,9-12,14,18H,7-8,13,15-17,28H2,1-3H3,(H-,29,33,34,35)/p+1/t18-,31?/m1/s1. The Morgan fingerprint density at radius 1 is 1.17 bits per heavy atom. The number of carbonyl (C=O) groups is 3. The molecule has 2 aromatic carbocycles. The number of nitrogens with one attached hydrogen (secondary N) is 1. The molecule has 0 spiro atoms. The van der Waals surface area contributed by atoms with Gasteiger partial charge in [0.25, 0.3) is 0 Å². The fourth-order valence-electron chi connectivity index (χ4n) is 4.73. The molecule has 1 saturated heterocycles. The van der Waals surface area contributed by atoms with Gasteiger partial charge in [-0.1, -0.05) is 35.9 Å². The van der Waals surface area contributed by atoms with Crippen LogP contribution >= 0.6 is 11.6 Å². The molecule has 1 aliphatic rings. The smallest absolute Gasteiger partial charge is 0.424 e. The van der Waals surface area contributed by atoms with E-state index in [0.29, 0.717) is 23.8 Å². The van der Waals surface area contributed by atoms with Crippen LogP contribution in [0.2, 0.25) is 5.02 Å². The molecule has 8 nitrogen and oxygen atoms in total. The first-order valence-electron chi connectivity index (χ1n) is 11.8. The van der Waals surface area contributed by atoms with Crippen LogP contribution in [0.15, 0.2) is 48.5 Å². The highest BCUT2D eigenvalue weighted by Crippen LogP contribution is 2.31. The maximum atomic E-state index is 13.9. The number of nitrogens with two attached hydrogens (primary N) is 1. The van der Waals surface area contributed by atoms with E-state index < -0.39 is 17.5 Å². The number of carbonyl (C=O) groups excluding carboxylic acids is 2. The number of para-hydroxylation sites is 1. The number of anilines is 1. The van der Waals surface area contributed by atoms with Crippen molar-refractivity contribution >= 4 is 35.2 Å². The van der Waals surface area contributed by atoms with Crippen LogP contribution in [0, 0.1) is 0 Å². The molecule has 3 rings (SSSR count). The number of rotatable bonds is 8. The number of amides is 3. The van der Waals surface area contributed by atoms with Gasteiger partial charge in [-0.2, -0.15) is 4.48 Å². The molecule has 3 amide bonds. The molecular formula is C26H34ClN4O4+. The first-order chi connectivity index (χ1) is 16.5. The Bertz CT molecular complexity index is 1090. The fraction of sp³-hybridized carbons (Fsp3) is 0.423. The SMILES string of the molecule is C[C@@H]1CCC[N+]1(C(=O)CN(c1ccccc1)C(C)(C)C(=O)O)C(=O)NCc1cc(Cl)ccc1CN. The molecule has 0 radical (unpaired) electrons. The number of nitrogens with zero attached hydrogens (tertiary/aromatic N) is 2. The predicted molar refractivity (Wildman–Crippen MR) is 136 cm³/mol. The van der Waals surface area contributed by atoms with Crippen molar-refractivity contribution in [1.82, 2.24) is 5.32 Å². The third-order valence-electron chi connectivity index (χ3n) is 7.07. The van der Waals surface area contributed by atoms with Crippen LogP contribution in [-0.2, 0) is 22.7 Å². The Kier molecular flexibility index (Phi) is 8.20. The van der Waals surface area contributed by atoms with Crippen molar-refractivity contribution in [2.45, 2.75) is 58.3 Å². The molecule has 1 unspecified atom stereocenters. The van der Waals surface area contributed by atoms with Gasteiger partial charge in [-0.05, 0) is 56.2 Å². The van der Waals surface area contributed by atoms with E-state index in [2.05, 4.69) is 5.32 Å². The van der Waals surface area contributed by atoms with Crippen LogP contribution in [0.5, 0.6) is 0 Å². The summed E-state index contributed by atoms with van der Waals surface area (Å²) >= 11 is 6.14. The van der Waals surface area contributed by atoms with Crippen molar-refractivity contribution in [3.05, 3.63) is 64.7 Å². The minimum absolute atomic E-state index is 0.189. The molecular weight excluding hydrogens is 468 g/mol. The van der Waals surface area contributed by atoms with Gasteiger partial charge in [0.15, 0.2) is 0 Å². The summed E-state index contributed by atoms with van der Waals surface area (Å²) in [4.78, 5) is 41.2. The monoisotopic (exact) mass is 501 g/mol. The van der Waals surface area contributed by atoms with Crippen molar-refractivity contribution < 1.29 is 24.0 Å². The number of likely N-dealkylation sites (tertiary alicyclic amines) is 1. The zero-order valence-corrected chi connectivity index (χ0v) is 21.2. The van der Waals surface area contributed by atoms with Gasteiger partial charge in [0, 0.05) is 36.6 Å². The van der Waals surface area contributed by atoms with Gasteiger partial charge in [0.1, 0.15) is 18.1 Å². The summed E-state index contributed by atoms with van der Waals surface area (Å²) in [6.45, 7) is 5.64. The molecule has 9 heteroatoms. The first-order valence-corrected chi connectivity index (χ1v) is 12.1. The molecule has 0 saturated carbocycles. The number of hydrogen-bond acceptors (Lipinski definition) is 5. The summed E-state index contributed by atoms with van der Waals surface area (Å²) in [5, 5.41) is 13.4. The number of aliphatic carboxylic acids is 1. The molecule has 2 aromatic rings. The maximum absolute atomic E-state index is 13.9. The molecule has 188 valence electrons. The highest BCUT2D eigenvalue weighted by atomic mass is 35.5. The van der Waals surface area contributed by atoms with E-state index in [1.54, 1.807) is 55.1 Å². The average molecular weight is 502 g/mol. The second kappa shape index (κ2) is 10.8. The normalized spacial score (nSPS) is 19.9. The molecule has 1 fully saturated rings. The van der Waals surface area contributed by atoms with Gasteiger partial charge in [-0.25, -0.2) is 14.4 Å². The minimum atomic E-state index is -1.36. The van der Waals surface area contributed by atoms with E-state index in [4.69, 9.17) is 17.3 Å². The van der Waals surface area contributed by atoms with Gasteiger partial charge in [0.05, 0.1) is 6.54 Å². The van der Waals surface area contributed by atoms with Crippen LogP contribution in [-0.4, -0.2) is 52.2 Å². The Hall–Kier alpha value is -2.94. The Balaban J connectivity index is 1.90. The van der Waals surface area contributed by atoms with E-state index >= 15 is 0 Å². The van der Waals surface area contributed by atoms with Gasteiger partial charge >= 0.3 is 17.9 Å². The maximum Gasteiger partial charge on any atom is 0.424 e. The van der Waals surface area contributed by atoms with Gasteiger partial charge < -0.3 is 21.1 Å². The first kappa shape index (κ1) is 26.7. The van der Waals surface area contributed by atoms with Crippen LogP contribution in [0.3, 0.4) is 0 Å². The summed E-state index contributed by atoms with van der Waals surface area (Å²) in [6.07, 6.45) is 1.44.